The zero-order chi connectivity index (χ0) is 19.6. The van der Waals surface area contributed by atoms with Crippen LogP contribution in [0.2, 0.25) is 5.02 Å². The standard InChI is InChI=1S/C20H23ClN2O4/c1-14-11-17(21)8-9-18(14)27-10-4-7-19(24)22-23-20(25)16-6-3-5-15(12-16)13-26-2/h3,5-6,8-9,11-12H,4,7,10,13H2,1-2H3,(H,22,24)(H,23,25). The van der Waals surface area contributed by atoms with Crippen LogP contribution >= 0.6 is 11.6 Å². The SMILES string of the molecule is COCc1cccc(C(=O)NNC(=O)CCCOc2ccc(Cl)cc2C)c1. The van der Waals surface area contributed by atoms with Crippen molar-refractivity contribution in [3.05, 3.63) is 64.2 Å². The molecule has 0 unspecified atom stereocenters. The monoisotopic (exact) mass is 390 g/mol. The number of hydrogen-bond donors (Lipinski definition) is 2. The lowest BCUT2D eigenvalue weighted by Crippen LogP contribution is -2.41. The summed E-state index contributed by atoms with van der Waals surface area (Å²) in [7, 11) is 1.59. The van der Waals surface area contributed by atoms with Crippen LogP contribution in [0.5, 0.6) is 5.75 Å². The molecule has 0 saturated carbocycles. The molecule has 0 aliphatic rings. The fraction of sp³-hybridized carbons (Fsp3) is 0.300. The van der Waals surface area contributed by atoms with Crippen molar-refractivity contribution in [2.45, 2.75) is 26.4 Å². The lowest BCUT2D eigenvalue weighted by Gasteiger charge is -2.10. The summed E-state index contributed by atoms with van der Waals surface area (Å²) in [5.74, 6) is 0.0752. The second-order valence-electron chi connectivity index (χ2n) is 6.00. The maximum absolute atomic E-state index is 12.1. The van der Waals surface area contributed by atoms with Gasteiger partial charge >= 0.3 is 0 Å². The Balaban J connectivity index is 1.69. The fourth-order valence-electron chi connectivity index (χ4n) is 2.42. The van der Waals surface area contributed by atoms with Gasteiger partial charge in [0.05, 0.1) is 13.2 Å². The third-order valence-corrected chi connectivity index (χ3v) is 3.99. The number of aryl methyl sites for hydroxylation is 1. The quantitative estimate of drug-likeness (QED) is 0.535. The van der Waals surface area contributed by atoms with Crippen molar-refractivity contribution in [1.82, 2.24) is 10.9 Å². The van der Waals surface area contributed by atoms with Crippen molar-refractivity contribution in [2.24, 2.45) is 0 Å². The Labute approximate surface area is 163 Å². The summed E-state index contributed by atoms with van der Waals surface area (Å²) in [6.45, 7) is 2.72. The Morgan fingerprint density at radius 2 is 1.93 bits per heavy atom. The number of carbonyl (C=O) groups excluding carboxylic acids is 2. The Morgan fingerprint density at radius 3 is 2.67 bits per heavy atom. The maximum Gasteiger partial charge on any atom is 0.269 e. The zero-order valence-electron chi connectivity index (χ0n) is 15.4. The van der Waals surface area contributed by atoms with E-state index < -0.39 is 0 Å². The Morgan fingerprint density at radius 1 is 1.11 bits per heavy atom. The molecular formula is C20H23ClN2O4. The summed E-state index contributed by atoms with van der Waals surface area (Å²) in [5.41, 5.74) is 7.09. The molecule has 2 amide bonds. The third kappa shape index (κ3) is 6.92. The molecule has 2 rings (SSSR count). The Hall–Kier alpha value is -2.57. The number of rotatable bonds is 8. The van der Waals surface area contributed by atoms with E-state index in [0.717, 1.165) is 16.9 Å². The van der Waals surface area contributed by atoms with Crippen LogP contribution in [-0.4, -0.2) is 25.5 Å². The highest BCUT2D eigenvalue weighted by atomic mass is 35.5. The van der Waals surface area contributed by atoms with E-state index in [1.54, 1.807) is 37.4 Å². The van der Waals surface area contributed by atoms with Gasteiger partial charge in [-0.25, -0.2) is 0 Å². The minimum absolute atomic E-state index is 0.233. The Kier molecular flexibility index (Phi) is 8.10. The predicted molar refractivity (Wildman–Crippen MR) is 104 cm³/mol. The highest BCUT2D eigenvalue weighted by Crippen LogP contribution is 2.21. The molecular weight excluding hydrogens is 368 g/mol. The van der Waals surface area contributed by atoms with E-state index in [9.17, 15) is 9.59 Å². The molecule has 7 heteroatoms. The van der Waals surface area contributed by atoms with E-state index in [-0.39, 0.29) is 18.2 Å². The average Bonchev–Trinajstić information content (AvgIpc) is 2.65. The number of nitrogens with one attached hydrogen (secondary N) is 2. The highest BCUT2D eigenvalue weighted by Gasteiger charge is 2.08. The summed E-state index contributed by atoms with van der Waals surface area (Å²) in [6, 6.07) is 12.4. The lowest BCUT2D eigenvalue weighted by molar-refractivity contribution is -0.122. The number of ether oxygens (including phenoxy) is 2. The van der Waals surface area contributed by atoms with Crippen molar-refractivity contribution in [3.63, 3.8) is 0 Å². The second-order valence-corrected chi connectivity index (χ2v) is 6.43. The van der Waals surface area contributed by atoms with Crippen LogP contribution in [0.1, 0.15) is 34.3 Å². The van der Waals surface area contributed by atoms with E-state index in [1.807, 2.05) is 19.1 Å². The van der Waals surface area contributed by atoms with Crippen LogP contribution in [0.4, 0.5) is 0 Å². The summed E-state index contributed by atoms with van der Waals surface area (Å²) >= 11 is 5.90. The van der Waals surface area contributed by atoms with Gasteiger partial charge in [-0.1, -0.05) is 23.7 Å². The summed E-state index contributed by atoms with van der Waals surface area (Å²) in [6.07, 6.45) is 0.754. The molecule has 0 heterocycles. The molecule has 0 aliphatic carbocycles. The minimum Gasteiger partial charge on any atom is -0.493 e. The van der Waals surface area contributed by atoms with Crippen LogP contribution in [0.15, 0.2) is 42.5 Å². The number of halogens is 1. The first-order chi connectivity index (χ1) is 13.0. The van der Waals surface area contributed by atoms with Crippen LogP contribution < -0.4 is 15.6 Å². The number of hydrogen-bond acceptors (Lipinski definition) is 4. The molecule has 0 aliphatic heterocycles. The molecule has 0 bridgehead atoms. The van der Waals surface area contributed by atoms with Crippen LogP contribution in [0.3, 0.4) is 0 Å². The molecule has 0 saturated heterocycles. The van der Waals surface area contributed by atoms with Crippen molar-refractivity contribution >= 4 is 23.4 Å². The normalized spacial score (nSPS) is 10.3. The largest absolute Gasteiger partial charge is 0.493 e. The van der Waals surface area contributed by atoms with Gasteiger partial charge in [-0.2, -0.15) is 0 Å². The molecule has 6 nitrogen and oxygen atoms in total. The van der Waals surface area contributed by atoms with Gasteiger partial charge in [0.1, 0.15) is 5.75 Å². The smallest absolute Gasteiger partial charge is 0.269 e. The van der Waals surface area contributed by atoms with Gasteiger partial charge in [-0.3, -0.25) is 20.4 Å². The first kappa shape index (κ1) is 20.7. The second kappa shape index (κ2) is 10.5. The van der Waals surface area contributed by atoms with Crippen LogP contribution in [0, 0.1) is 6.92 Å². The van der Waals surface area contributed by atoms with Gasteiger partial charge in [0.2, 0.25) is 5.91 Å². The number of methoxy groups -OCH3 is 1. The van der Waals surface area contributed by atoms with Gasteiger partial charge in [-0.15, -0.1) is 0 Å². The van der Waals surface area contributed by atoms with Gasteiger partial charge < -0.3 is 9.47 Å². The topological polar surface area (TPSA) is 76.7 Å². The molecule has 0 fully saturated rings. The average molecular weight is 391 g/mol. The highest BCUT2D eigenvalue weighted by molar-refractivity contribution is 6.30. The number of benzene rings is 2. The van der Waals surface area contributed by atoms with Gasteiger partial charge in [-0.05, 0) is 54.8 Å². The number of amides is 2. The van der Waals surface area contributed by atoms with E-state index in [0.29, 0.717) is 30.2 Å². The van der Waals surface area contributed by atoms with Gasteiger partial charge in [0, 0.05) is 24.1 Å². The first-order valence-electron chi connectivity index (χ1n) is 8.55. The summed E-state index contributed by atoms with van der Waals surface area (Å²) < 4.78 is 10.7. The number of carbonyl (C=O) groups is 2. The number of hydrazine groups is 1. The van der Waals surface area contributed by atoms with Crippen molar-refractivity contribution in [2.75, 3.05) is 13.7 Å². The predicted octanol–water partition coefficient (Wildman–Crippen LogP) is 3.42. The van der Waals surface area contributed by atoms with Crippen molar-refractivity contribution in [1.29, 1.82) is 0 Å². The van der Waals surface area contributed by atoms with E-state index in [1.165, 1.54) is 0 Å². The Bertz CT molecular complexity index is 795. The molecule has 2 aromatic rings. The molecule has 0 aromatic heterocycles. The third-order valence-electron chi connectivity index (χ3n) is 3.76. The van der Waals surface area contributed by atoms with Crippen LogP contribution in [0.25, 0.3) is 0 Å². The molecule has 2 N–H and O–H groups in total. The van der Waals surface area contributed by atoms with Crippen LogP contribution in [-0.2, 0) is 16.1 Å². The van der Waals surface area contributed by atoms with Gasteiger partial charge in [0.25, 0.3) is 5.91 Å². The van der Waals surface area contributed by atoms with E-state index in [4.69, 9.17) is 21.1 Å². The first-order valence-corrected chi connectivity index (χ1v) is 8.93. The molecule has 0 atom stereocenters. The molecule has 27 heavy (non-hydrogen) atoms. The minimum atomic E-state index is -0.380. The van der Waals surface area contributed by atoms with E-state index in [2.05, 4.69) is 10.9 Å². The zero-order valence-corrected chi connectivity index (χ0v) is 16.1. The summed E-state index contributed by atoms with van der Waals surface area (Å²) in [4.78, 5) is 23.9. The molecule has 0 radical (unpaired) electrons. The maximum atomic E-state index is 12.1. The summed E-state index contributed by atoms with van der Waals surface area (Å²) in [5, 5.41) is 0.655. The van der Waals surface area contributed by atoms with E-state index >= 15 is 0 Å². The van der Waals surface area contributed by atoms with Crippen molar-refractivity contribution in [3.8, 4) is 5.75 Å². The molecule has 0 spiro atoms. The molecule has 144 valence electrons. The van der Waals surface area contributed by atoms with Gasteiger partial charge in [0.15, 0.2) is 0 Å². The van der Waals surface area contributed by atoms with Crippen molar-refractivity contribution < 1.29 is 19.1 Å². The fourth-order valence-corrected chi connectivity index (χ4v) is 2.65. The lowest BCUT2D eigenvalue weighted by atomic mass is 10.1. The molecule has 2 aromatic carbocycles.